The van der Waals surface area contributed by atoms with Crippen molar-refractivity contribution in [2.24, 2.45) is 5.73 Å². The molecule has 2 aliphatic rings. The summed E-state index contributed by atoms with van der Waals surface area (Å²) in [5, 5.41) is 32.5. The summed E-state index contributed by atoms with van der Waals surface area (Å²) in [6.45, 7) is 3.59. The fraction of sp³-hybridized carbons (Fsp3) is 0.300. The largest absolute Gasteiger partial charge is 0.394 e. The third-order valence-corrected chi connectivity index (χ3v) is 8.77. The molecular weight excluding hydrogens is 753 g/mol. The molecule has 55 heavy (non-hydrogen) atoms. The molecule has 0 fully saturated rings. The van der Waals surface area contributed by atoms with E-state index >= 15 is 0 Å². The van der Waals surface area contributed by atoms with Crippen molar-refractivity contribution in [3.63, 3.8) is 0 Å². The van der Waals surface area contributed by atoms with Crippen LogP contribution in [0.3, 0.4) is 0 Å². The molecule has 0 bridgehead atoms. The zero-order valence-electron chi connectivity index (χ0n) is 29.9. The van der Waals surface area contributed by atoms with Gasteiger partial charge < -0.3 is 45.9 Å². The number of hydrogen-bond acceptors (Lipinski definition) is 13. The van der Waals surface area contributed by atoms with Gasteiger partial charge in [0.15, 0.2) is 23.1 Å². The van der Waals surface area contributed by atoms with E-state index < -0.39 is 0 Å². The lowest BCUT2D eigenvalue weighted by Gasteiger charge is -2.23. The maximum absolute atomic E-state index is 13.2. The molecule has 13 nitrogen and oxygen atoms in total. The van der Waals surface area contributed by atoms with Crippen LogP contribution in [0.5, 0.6) is 0 Å². The molecule has 0 aliphatic heterocycles. The molecule has 4 aromatic carbocycles. The van der Waals surface area contributed by atoms with E-state index in [0.717, 1.165) is 0 Å². The molecule has 0 radical (unpaired) electrons. The van der Waals surface area contributed by atoms with Gasteiger partial charge in [-0.15, -0.1) is 0 Å². The molecule has 292 valence electrons. The summed E-state index contributed by atoms with van der Waals surface area (Å²) in [5.74, 6) is -0.932. The fourth-order valence-corrected chi connectivity index (χ4v) is 6.31. The Kier molecular flexibility index (Phi) is 17.4. The Labute approximate surface area is 328 Å². The molecule has 0 saturated heterocycles. The summed E-state index contributed by atoms with van der Waals surface area (Å²) in [6.07, 6.45) is 0. The summed E-state index contributed by atoms with van der Waals surface area (Å²) in [5.41, 5.74) is 8.83. The van der Waals surface area contributed by atoms with Gasteiger partial charge in [-0.25, -0.2) is 0 Å². The van der Waals surface area contributed by atoms with Gasteiger partial charge in [0.2, 0.25) is 0 Å². The molecule has 0 saturated carbocycles. The van der Waals surface area contributed by atoms with Crippen molar-refractivity contribution in [2.45, 2.75) is 0 Å². The number of ether oxygens (including phenoxy) is 3. The van der Waals surface area contributed by atoms with Gasteiger partial charge in [0, 0.05) is 53.3 Å². The Balaban J connectivity index is 0.000000226. The summed E-state index contributed by atoms with van der Waals surface area (Å²) in [4.78, 5) is 51.1. The zero-order valence-corrected chi connectivity index (χ0v) is 31.5. The van der Waals surface area contributed by atoms with E-state index in [-0.39, 0.29) is 77.3 Å². The number of nitrogens with one attached hydrogen (secondary N) is 2. The topological polar surface area (TPSA) is 207 Å². The Morgan fingerprint density at radius 3 is 1.16 bits per heavy atom. The highest BCUT2D eigenvalue weighted by molar-refractivity contribution is 6.42. The van der Waals surface area contributed by atoms with Gasteiger partial charge in [-0.05, 0) is 24.3 Å². The SMILES string of the molecule is NCCOCCO.O=C1c2cccc(Cl)c2C(=O)c2cccc(Cl)c21.O=C1c2cccc(NCCOCCO)c2C(=O)c2cccc(NCCOCCO)c21. The molecular formula is C40H43Cl2N3O10. The minimum absolute atomic E-state index is 0.0472. The van der Waals surface area contributed by atoms with E-state index in [1.165, 1.54) is 0 Å². The van der Waals surface area contributed by atoms with Crippen molar-refractivity contribution in [3.8, 4) is 0 Å². The highest BCUT2D eigenvalue weighted by Gasteiger charge is 2.34. The second-order valence-corrected chi connectivity index (χ2v) is 12.6. The first-order chi connectivity index (χ1) is 26.7. The number of hydrogen-bond donors (Lipinski definition) is 6. The van der Waals surface area contributed by atoms with Crippen LogP contribution in [-0.4, -0.2) is 118 Å². The standard InChI is InChI=1S/C22H26N2O6.C14H6Cl2O2.C4H11NO2/c25-9-13-29-11-7-23-17-5-1-3-15-19(17)22(28)16-4-2-6-18(20(16)21(15)27)24-8-12-30-14-10-26;15-9-5-1-3-7-11(9)14(18)8-4-2-6-10(16)12(8)13(7)17;5-1-3-7-4-2-6/h1-6,23-26H,7-14H2;1-6H;6H,1-5H2. The van der Waals surface area contributed by atoms with Crippen LogP contribution in [0.2, 0.25) is 10.0 Å². The van der Waals surface area contributed by atoms with Crippen molar-refractivity contribution in [3.05, 3.63) is 127 Å². The summed E-state index contributed by atoms with van der Waals surface area (Å²) < 4.78 is 15.2. The van der Waals surface area contributed by atoms with Gasteiger partial charge in [-0.2, -0.15) is 0 Å². The molecule has 2 aliphatic carbocycles. The summed E-state index contributed by atoms with van der Waals surface area (Å²) in [7, 11) is 0. The van der Waals surface area contributed by atoms with E-state index in [0.29, 0.717) is 90.8 Å². The van der Waals surface area contributed by atoms with Crippen LogP contribution in [0.4, 0.5) is 11.4 Å². The normalized spacial score (nSPS) is 12.3. The number of benzene rings is 4. The molecule has 0 unspecified atom stereocenters. The maximum Gasteiger partial charge on any atom is 0.196 e. The highest BCUT2D eigenvalue weighted by atomic mass is 35.5. The molecule has 0 aromatic heterocycles. The Bertz CT molecular complexity index is 1830. The van der Waals surface area contributed by atoms with E-state index in [1.807, 2.05) is 0 Å². The van der Waals surface area contributed by atoms with Crippen LogP contribution in [-0.2, 0) is 14.2 Å². The van der Waals surface area contributed by atoms with Gasteiger partial charge in [0.1, 0.15) is 0 Å². The van der Waals surface area contributed by atoms with Crippen LogP contribution in [0.1, 0.15) is 63.7 Å². The second kappa shape index (κ2) is 22.1. The molecule has 4 aromatic rings. The molecule has 0 amide bonds. The first kappa shape index (κ1) is 43.2. The average molecular weight is 797 g/mol. The lowest BCUT2D eigenvalue weighted by molar-refractivity contribution is 0.0976. The first-order valence-corrected chi connectivity index (χ1v) is 18.2. The van der Waals surface area contributed by atoms with Gasteiger partial charge in [0.25, 0.3) is 0 Å². The van der Waals surface area contributed by atoms with Crippen molar-refractivity contribution in [2.75, 3.05) is 89.7 Å². The van der Waals surface area contributed by atoms with Crippen LogP contribution in [0.25, 0.3) is 0 Å². The number of aliphatic hydroxyl groups excluding tert-OH is 3. The number of anilines is 2. The second-order valence-electron chi connectivity index (χ2n) is 11.7. The van der Waals surface area contributed by atoms with Crippen molar-refractivity contribution in [1.82, 2.24) is 0 Å². The fourth-order valence-electron chi connectivity index (χ4n) is 5.79. The Morgan fingerprint density at radius 2 is 0.800 bits per heavy atom. The van der Waals surface area contributed by atoms with E-state index in [4.69, 9.17) is 58.5 Å². The number of fused-ring (bicyclic) bond motifs is 4. The number of ketones is 4. The highest BCUT2D eigenvalue weighted by Crippen LogP contribution is 2.36. The van der Waals surface area contributed by atoms with Crippen LogP contribution < -0.4 is 16.4 Å². The van der Waals surface area contributed by atoms with E-state index in [2.05, 4.69) is 10.6 Å². The molecule has 15 heteroatoms. The van der Waals surface area contributed by atoms with Crippen molar-refractivity contribution < 1.29 is 48.7 Å². The molecule has 7 N–H and O–H groups in total. The molecule has 0 atom stereocenters. The monoisotopic (exact) mass is 795 g/mol. The van der Waals surface area contributed by atoms with Gasteiger partial charge >= 0.3 is 0 Å². The summed E-state index contributed by atoms with van der Waals surface area (Å²) in [6, 6.07) is 20.0. The van der Waals surface area contributed by atoms with Gasteiger partial charge in [-0.3, -0.25) is 19.2 Å². The van der Waals surface area contributed by atoms with Gasteiger partial charge in [0.05, 0.1) is 91.8 Å². The van der Waals surface area contributed by atoms with Crippen LogP contribution >= 0.6 is 23.2 Å². The minimum atomic E-state index is -0.257. The van der Waals surface area contributed by atoms with Gasteiger partial charge in [-0.1, -0.05) is 71.7 Å². The van der Waals surface area contributed by atoms with Crippen molar-refractivity contribution in [1.29, 1.82) is 0 Å². The quantitative estimate of drug-likeness (QED) is 0.0767. The smallest absolute Gasteiger partial charge is 0.196 e. The summed E-state index contributed by atoms with van der Waals surface area (Å²) >= 11 is 12.0. The Hall–Kier alpha value is -4.54. The predicted molar refractivity (Wildman–Crippen MR) is 209 cm³/mol. The van der Waals surface area contributed by atoms with Crippen molar-refractivity contribution >= 4 is 57.7 Å². The number of aliphatic hydroxyl groups is 3. The maximum atomic E-state index is 13.2. The van der Waals surface area contributed by atoms with Crippen LogP contribution in [0, 0.1) is 0 Å². The third-order valence-electron chi connectivity index (χ3n) is 8.14. The number of nitrogens with two attached hydrogens (primary N) is 1. The minimum Gasteiger partial charge on any atom is -0.394 e. The van der Waals surface area contributed by atoms with Crippen LogP contribution in [0.15, 0.2) is 72.8 Å². The average Bonchev–Trinajstić information content (AvgIpc) is 3.19. The number of carbonyl (C=O) groups excluding carboxylic acids is 4. The first-order valence-electron chi connectivity index (χ1n) is 17.5. The zero-order chi connectivity index (χ0) is 39.7. The predicted octanol–water partition coefficient (Wildman–Crippen LogP) is 4.03. The lowest BCUT2D eigenvalue weighted by atomic mass is 9.82. The number of carbonyl (C=O) groups is 4. The number of rotatable bonds is 16. The van der Waals surface area contributed by atoms with E-state index in [9.17, 15) is 19.2 Å². The lowest BCUT2D eigenvalue weighted by Crippen LogP contribution is -2.25. The molecule has 0 heterocycles. The third kappa shape index (κ3) is 10.8. The molecule has 0 spiro atoms. The Morgan fingerprint density at radius 1 is 0.473 bits per heavy atom. The molecule has 6 rings (SSSR count). The number of halogens is 2. The van der Waals surface area contributed by atoms with E-state index in [1.54, 1.807) is 72.8 Å².